The van der Waals surface area contributed by atoms with Gasteiger partial charge >= 0.3 is 0 Å². The average Bonchev–Trinajstić information content (AvgIpc) is 3.28. The fourth-order valence-corrected chi connectivity index (χ4v) is 3.05. The number of rotatable bonds is 2. The quantitative estimate of drug-likeness (QED) is 0.840. The second-order valence-corrected chi connectivity index (χ2v) is 6.27. The Labute approximate surface area is 129 Å². The van der Waals surface area contributed by atoms with Crippen LogP contribution in [0.5, 0.6) is 0 Å². The zero-order valence-corrected chi connectivity index (χ0v) is 12.8. The number of halogens is 1. The maximum absolute atomic E-state index is 13.7. The van der Waals surface area contributed by atoms with E-state index in [1.807, 2.05) is 4.90 Å². The van der Waals surface area contributed by atoms with Crippen molar-refractivity contribution in [1.29, 1.82) is 0 Å². The smallest absolute Gasteiger partial charge is 0.256 e. The molecule has 0 aromatic heterocycles. The van der Waals surface area contributed by atoms with Gasteiger partial charge in [0.05, 0.1) is 5.56 Å². The number of benzene rings is 1. The van der Waals surface area contributed by atoms with Gasteiger partial charge in [0.2, 0.25) is 5.91 Å². The minimum absolute atomic E-state index is 0.109. The summed E-state index contributed by atoms with van der Waals surface area (Å²) in [5.41, 5.74) is 0.109. The van der Waals surface area contributed by atoms with Gasteiger partial charge in [0.15, 0.2) is 0 Å². The molecule has 2 amide bonds. The van der Waals surface area contributed by atoms with E-state index in [1.165, 1.54) is 12.1 Å². The highest BCUT2D eigenvalue weighted by Gasteiger charge is 2.41. The normalized spacial score (nSPS) is 24.8. The van der Waals surface area contributed by atoms with Crippen molar-refractivity contribution in [3.8, 4) is 0 Å². The summed E-state index contributed by atoms with van der Waals surface area (Å²) in [5, 5.41) is 0. The van der Waals surface area contributed by atoms with Gasteiger partial charge in [0.25, 0.3) is 5.91 Å². The molecule has 1 heterocycles. The first-order valence-electron chi connectivity index (χ1n) is 7.90. The van der Waals surface area contributed by atoms with Crippen LogP contribution in [0.15, 0.2) is 24.3 Å². The number of hydrogen-bond acceptors (Lipinski definition) is 2. The molecule has 2 fully saturated rings. The first-order chi connectivity index (χ1) is 10.6. The monoisotopic (exact) mass is 304 g/mol. The Balaban J connectivity index is 1.64. The Morgan fingerprint density at radius 1 is 1.09 bits per heavy atom. The van der Waals surface area contributed by atoms with Crippen molar-refractivity contribution < 1.29 is 14.0 Å². The third kappa shape index (κ3) is 2.98. The van der Waals surface area contributed by atoms with Gasteiger partial charge in [-0.1, -0.05) is 19.1 Å². The fraction of sp³-hybridized carbons (Fsp3) is 0.529. The lowest BCUT2D eigenvalue weighted by molar-refractivity contribution is -0.132. The Hall–Kier alpha value is -1.91. The van der Waals surface area contributed by atoms with Crippen LogP contribution in [0.4, 0.5) is 4.39 Å². The van der Waals surface area contributed by atoms with E-state index in [1.54, 1.807) is 17.0 Å². The molecule has 118 valence electrons. The van der Waals surface area contributed by atoms with Crippen LogP contribution in [0.1, 0.15) is 30.1 Å². The van der Waals surface area contributed by atoms with Crippen molar-refractivity contribution >= 4 is 11.8 Å². The molecule has 1 aliphatic heterocycles. The molecule has 1 saturated carbocycles. The third-order valence-corrected chi connectivity index (χ3v) is 4.63. The lowest BCUT2D eigenvalue weighted by Gasteiger charge is -2.22. The number of nitrogens with zero attached hydrogens (tertiary/aromatic N) is 2. The van der Waals surface area contributed by atoms with E-state index < -0.39 is 5.82 Å². The molecule has 1 aliphatic carbocycles. The summed E-state index contributed by atoms with van der Waals surface area (Å²) in [6.45, 7) is 4.36. The molecule has 22 heavy (non-hydrogen) atoms. The van der Waals surface area contributed by atoms with Crippen LogP contribution < -0.4 is 0 Å². The van der Waals surface area contributed by atoms with E-state index >= 15 is 0 Å². The van der Waals surface area contributed by atoms with Crippen LogP contribution in [-0.2, 0) is 4.79 Å². The molecular weight excluding hydrogens is 283 g/mol. The molecular formula is C17H21FN2O2. The number of carbonyl (C=O) groups is 2. The van der Waals surface area contributed by atoms with E-state index in [9.17, 15) is 14.0 Å². The zero-order valence-electron chi connectivity index (χ0n) is 12.8. The van der Waals surface area contributed by atoms with Crippen LogP contribution in [-0.4, -0.2) is 47.8 Å². The molecule has 0 radical (unpaired) electrons. The van der Waals surface area contributed by atoms with Crippen molar-refractivity contribution in [2.24, 2.45) is 11.8 Å². The van der Waals surface area contributed by atoms with Crippen molar-refractivity contribution in [2.45, 2.75) is 19.8 Å². The molecule has 2 atom stereocenters. The largest absolute Gasteiger partial charge is 0.341 e. The van der Waals surface area contributed by atoms with Crippen LogP contribution in [0, 0.1) is 17.7 Å². The summed E-state index contributed by atoms with van der Waals surface area (Å²) in [6.07, 6.45) is 1.72. The molecule has 5 heteroatoms. The molecule has 0 bridgehead atoms. The average molecular weight is 304 g/mol. The van der Waals surface area contributed by atoms with Crippen LogP contribution in [0.25, 0.3) is 0 Å². The van der Waals surface area contributed by atoms with Gasteiger partial charge in [-0.15, -0.1) is 0 Å². The van der Waals surface area contributed by atoms with Gasteiger partial charge in [-0.3, -0.25) is 9.59 Å². The molecule has 1 aromatic rings. The van der Waals surface area contributed by atoms with E-state index in [0.29, 0.717) is 32.1 Å². The van der Waals surface area contributed by atoms with Crippen LogP contribution in [0.2, 0.25) is 0 Å². The Morgan fingerprint density at radius 3 is 2.41 bits per heavy atom. The first-order valence-corrected chi connectivity index (χ1v) is 7.90. The maximum atomic E-state index is 13.7. The molecule has 3 rings (SSSR count). The molecule has 4 nitrogen and oxygen atoms in total. The van der Waals surface area contributed by atoms with Crippen molar-refractivity contribution in [2.75, 3.05) is 26.2 Å². The zero-order chi connectivity index (χ0) is 15.7. The second-order valence-electron chi connectivity index (χ2n) is 6.27. The summed E-state index contributed by atoms with van der Waals surface area (Å²) in [6, 6.07) is 6.05. The van der Waals surface area contributed by atoms with Gasteiger partial charge < -0.3 is 9.80 Å². The first kappa shape index (κ1) is 15.0. The third-order valence-electron chi connectivity index (χ3n) is 4.63. The number of amides is 2. The number of hydrogen-bond donors (Lipinski definition) is 0. The summed E-state index contributed by atoms with van der Waals surface area (Å²) < 4.78 is 13.7. The van der Waals surface area contributed by atoms with E-state index in [4.69, 9.17) is 0 Å². The molecule has 0 spiro atoms. The van der Waals surface area contributed by atoms with Crippen molar-refractivity contribution in [3.05, 3.63) is 35.6 Å². The summed E-state index contributed by atoms with van der Waals surface area (Å²) in [4.78, 5) is 28.2. The lowest BCUT2D eigenvalue weighted by Crippen LogP contribution is -2.38. The van der Waals surface area contributed by atoms with Crippen molar-refractivity contribution in [1.82, 2.24) is 9.80 Å². The van der Waals surface area contributed by atoms with E-state index in [-0.39, 0.29) is 23.3 Å². The highest BCUT2D eigenvalue weighted by molar-refractivity contribution is 5.94. The maximum Gasteiger partial charge on any atom is 0.256 e. The molecule has 0 N–H and O–H groups in total. The standard InChI is InChI=1S/C17H21FN2O2/c1-12-11-14(12)17(22)20-8-4-7-19(9-10-20)16(21)13-5-2-3-6-15(13)18/h2-3,5-6,12,14H,4,7-11H2,1H3. The Bertz CT molecular complexity index is 590. The predicted molar refractivity (Wildman–Crippen MR) is 80.8 cm³/mol. The minimum atomic E-state index is -0.489. The predicted octanol–water partition coefficient (Wildman–Crippen LogP) is 2.16. The highest BCUT2D eigenvalue weighted by Crippen LogP contribution is 2.39. The SMILES string of the molecule is CC1CC1C(=O)N1CCCN(C(=O)c2ccccc2F)CC1. The van der Waals surface area contributed by atoms with Gasteiger partial charge in [0.1, 0.15) is 5.82 Å². The Kier molecular flexibility index (Phi) is 4.14. The Morgan fingerprint density at radius 2 is 1.73 bits per heavy atom. The van der Waals surface area contributed by atoms with E-state index in [0.717, 1.165) is 12.8 Å². The topological polar surface area (TPSA) is 40.6 Å². The molecule has 2 unspecified atom stereocenters. The van der Waals surface area contributed by atoms with Gasteiger partial charge in [-0.2, -0.15) is 0 Å². The van der Waals surface area contributed by atoms with Crippen molar-refractivity contribution in [3.63, 3.8) is 0 Å². The van der Waals surface area contributed by atoms with Gasteiger partial charge in [0, 0.05) is 32.1 Å². The van der Waals surface area contributed by atoms with E-state index in [2.05, 4.69) is 6.92 Å². The molecule has 2 aliphatic rings. The fourth-order valence-electron chi connectivity index (χ4n) is 3.05. The minimum Gasteiger partial charge on any atom is -0.341 e. The molecule has 1 aromatic carbocycles. The summed E-state index contributed by atoms with van der Waals surface area (Å²) in [5.74, 6) is 0.108. The lowest BCUT2D eigenvalue weighted by atomic mass is 10.2. The van der Waals surface area contributed by atoms with Gasteiger partial charge in [-0.05, 0) is 30.9 Å². The van der Waals surface area contributed by atoms with Crippen LogP contribution >= 0.6 is 0 Å². The summed E-state index contributed by atoms with van der Waals surface area (Å²) >= 11 is 0. The number of carbonyl (C=O) groups excluding carboxylic acids is 2. The second kappa shape index (κ2) is 6.07. The summed E-state index contributed by atoms with van der Waals surface area (Å²) in [7, 11) is 0. The van der Waals surface area contributed by atoms with Crippen LogP contribution in [0.3, 0.4) is 0 Å². The van der Waals surface area contributed by atoms with Gasteiger partial charge in [-0.25, -0.2) is 4.39 Å². The highest BCUT2D eigenvalue weighted by atomic mass is 19.1. The molecule has 1 saturated heterocycles.